The van der Waals surface area contributed by atoms with E-state index in [9.17, 15) is 0 Å². The third-order valence-electron chi connectivity index (χ3n) is 2.27. The van der Waals surface area contributed by atoms with Crippen LogP contribution in [0.2, 0.25) is 10.0 Å². The number of nitrogens with two attached hydrogens (primary N) is 1. The molecule has 0 saturated carbocycles. The van der Waals surface area contributed by atoms with Gasteiger partial charge in [-0.15, -0.1) is 0 Å². The molecule has 0 aliphatic carbocycles. The summed E-state index contributed by atoms with van der Waals surface area (Å²) in [6, 6.07) is 11.7. The fourth-order valence-corrected chi connectivity index (χ4v) is 2.84. The second-order valence-electron chi connectivity index (χ2n) is 3.72. The van der Waals surface area contributed by atoms with Gasteiger partial charge in [-0.2, -0.15) is 0 Å². The number of aryl methyl sites for hydroxylation is 1. The van der Waals surface area contributed by atoms with Crippen LogP contribution in [0.1, 0.15) is 5.56 Å². The SMILES string of the molecule is Cc1cccc(Sc2cc(Cl)c(Cl)cc2N)c1. The number of nitrogen functional groups attached to an aromatic ring is 1. The zero-order valence-corrected chi connectivity index (χ0v) is 11.5. The summed E-state index contributed by atoms with van der Waals surface area (Å²) in [5.41, 5.74) is 7.77. The number of rotatable bonds is 2. The van der Waals surface area contributed by atoms with Gasteiger partial charge in [-0.05, 0) is 31.2 Å². The number of benzene rings is 2. The van der Waals surface area contributed by atoms with Gasteiger partial charge in [0, 0.05) is 15.5 Å². The predicted octanol–water partition coefficient (Wildman–Crippen LogP) is 5.04. The molecular formula is C13H11Cl2NS. The van der Waals surface area contributed by atoms with E-state index in [4.69, 9.17) is 28.9 Å². The molecule has 0 aromatic heterocycles. The molecule has 2 N–H and O–H groups in total. The molecule has 0 fully saturated rings. The zero-order valence-electron chi connectivity index (χ0n) is 9.21. The second-order valence-corrected chi connectivity index (χ2v) is 5.65. The lowest BCUT2D eigenvalue weighted by atomic mass is 10.2. The van der Waals surface area contributed by atoms with Gasteiger partial charge in [0.1, 0.15) is 0 Å². The minimum Gasteiger partial charge on any atom is -0.398 e. The van der Waals surface area contributed by atoms with Crippen LogP contribution >= 0.6 is 35.0 Å². The van der Waals surface area contributed by atoms with Crippen molar-refractivity contribution in [1.82, 2.24) is 0 Å². The molecule has 2 aromatic rings. The van der Waals surface area contributed by atoms with Crippen LogP contribution in [0.5, 0.6) is 0 Å². The van der Waals surface area contributed by atoms with E-state index in [1.54, 1.807) is 23.9 Å². The molecule has 0 atom stereocenters. The molecule has 17 heavy (non-hydrogen) atoms. The number of anilines is 1. The van der Waals surface area contributed by atoms with E-state index in [0.29, 0.717) is 15.7 Å². The van der Waals surface area contributed by atoms with Gasteiger partial charge >= 0.3 is 0 Å². The van der Waals surface area contributed by atoms with Crippen LogP contribution < -0.4 is 5.73 Å². The van der Waals surface area contributed by atoms with E-state index in [1.807, 2.05) is 12.1 Å². The van der Waals surface area contributed by atoms with Crippen molar-refractivity contribution in [1.29, 1.82) is 0 Å². The Hall–Kier alpha value is -0.830. The van der Waals surface area contributed by atoms with Crippen LogP contribution in [0.25, 0.3) is 0 Å². The Kier molecular flexibility index (Phi) is 3.87. The number of hydrogen-bond donors (Lipinski definition) is 1. The lowest BCUT2D eigenvalue weighted by molar-refractivity contribution is 1.35. The third kappa shape index (κ3) is 3.09. The summed E-state index contributed by atoms with van der Waals surface area (Å²) in [5.74, 6) is 0. The molecule has 0 heterocycles. The average Bonchev–Trinajstić information content (AvgIpc) is 2.26. The van der Waals surface area contributed by atoms with Crippen LogP contribution in [0.4, 0.5) is 5.69 Å². The summed E-state index contributed by atoms with van der Waals surface area (Å²) in [4.78, 5) is 2.06. The Balaban J connectivity index is 2.33. The summed E-state index contributed by atoms with van der Waals surface area (Å²) >= 11 is 13.5. The minimum absolute atomic E-state index is 0.484. The minimum atomic E-state index is 0.484. The van der Waals surface area contributed by atoms with Gasteiger partial charge in [-0.1, -0.05) is 52.7 Å². The predicted molar refractivity (Wildman–Crippen MR) is 76.2 cm³/mol. The van der Waals surface area contributed by atoms with Gasteiger partial charge in [0.2, 0.25) is 0 Å². The summed E-state index contributed by atoms with van der Waals surface area (Å²) in [6.45, 7) is 2.06. The maximum absolute atomic E-state index is 5.98. The van der Waals surface area contributed by atoms with Gasteiger partial charge in [0.05, 0.1) is 10.0 Å². The highest BCUT2D eigenvalue weighted by Crippen LogP contribution is 2.37. The molecule has 0 aliphatic heterocycles. The van der Waals surface area contributed by atoms with Crippen molar-refractivity contribution >= 4 is 40.7 Å². The molecule has 0 unspecified atom stereocenters. The first-order valence-corrected chi connectivity index (χ1v) is 6.62. The summed E-state index contributed by atoms with van der Waals surface area (Å²) in [6.07, 6.45) is 0. The molecule has 2 rings (SSSR count). The van der Waals surface area contributed by atoms with Gasteiger partial charge in [0.15, 0.2) is 0 Å². The van der Waals surface area contributed by atoms with Crippen molar-refractivity contribution < 1.29 is 0 Å². The normalized spacial score (nSPS) is 10.5. The van der Waals surface area contributed by atoms with Crippen molar-refractivity contribution in [2.24, 2.45) is 0 Å². The Morgan fingerprint density at radius 3 is 2.47 bits per heavy atom. The molecule has 0 saturated heterocycles. The van der Waals surface area contributed by atoms with E-state index < -0.39 is 0 Å². The van der Waals surface area contributed by atoms with E-state index in [2.05, 4.69) is 19.1 Å². The van der Waals surface area contributed by atoms with Crippen molar-refractivity contribution in [3.05, 3.63) is 52.0 Å². The molecule has 4 heteroatoms. The van der Waals surface area contributed by atoms with E-state index in [-0.39, 0.29) is 0 Å². The van der Waals surface area contributed by atoms with Crippen LogP contribution in [0.15, 0.2) is 46.2 Å². The molecule has 0 radical (unpaired) electrons. The highest BCUT2D eigenvalue weighted by Gasteiger charge is 2.06. The van der Waals surface area contributed by atoms with Gasteiger partial charge in [0.25, 0.3) is 0 Å². The largest absolute Gasteiger partial charge is 0.398 e. The van der Waals surface area contributed by atoms with Crippen molar-refractivity contribution in [3.63, 3.8) is 0 Å². The van der Waals surface area contributed by atoms with Crippen LogP contribution in [-0.2, 0) is 0 Å². The number of halogens is 2. The summed E-state index contributed by atoms with van der Waals surface area (Å²) < 4.78 is 0. The molecule has 0 spiro atoms. The maximum atomic E-state index is 5.98. The molecule has 0 aliphatic rings. The van der Waals surface area contributed by atoms with Crippen molar-refractivity contribution in [3.8, 4) is 0 Å². The molecular weight excluding hydrogens is 273 g/mol. The van der Waals surface area contributed by atoms with Crippen LogP contribution in [0.3, 0.4) is 0 Å². The zero-order chi connectivity index (χ0) is 12.4. The van der Waals surface area contributed by atoms with Crippen molar-refractivity contribution in [2.45, 2.75) is 16.7 Å². The lowest BCUT2D eigenvalue weighted by Crippen LogP contribution is -1.89. The molecule has 0 bridgehead atoms. The lowest BCUT2D eigenvalue weighted by Gasteiger charge is -2.07. The monoisotopic (exact) mass is 283 g/mol. The standard InChI is InChI=1S/C13H11Cl2NS/c1-8-3-2-4-9(5-8)17-13-7-11(15)10(14)6-12(13)16/h2-7H,16H2,1H3. The fraction of sp³-hybridized carbons (Fsp3) is 0.0769. The van der Waals surface area contributed by atoms with Crippen LogP contribution in [-0.4, -0.2) is 0 Å². The van der Waals surface area contributed by atoms with Crippen molar-refractivity contribution in [2.75, 3.05) is 5.73 Å². The van der Waals surface area contributed by atoms with E-state index in [1.165, 1.54) is 5.56 Å². The number of hydrogen-bond acceptors (Lipinski definition) is 2. The van der Waals surface area contributed by atoms with Crippen LogP contribution in [0, 0.1) is 6.92 Å². The first-order valence-electron chi connectivity index (χ1n) is 5.05. The molecule has 2 aromatic carbocycles. The van der Waals surface area contributed by atoms with Gasteiger partial charge in [-0.25, -0.2) is 0 Å². The molecule has 0 amide bonds. The first-order chi connectivity index (χ1) is 8.06. The highest BCUT2D eigenvalue weighted by atomic mass is 35.5. The molecule has 88 valence electrons. The Bertz CT molecular complexity index is 555. The first kappa shape index (κ1) is 12.6. The smallest absolute Gasteiger partial charge is 0.0613 e. The average molecular weight is 284 g/mol. The highest BCUT2D eigenvalue weighted by molar-refractivity contribution is 7.99. The summed E-state index contributed by atoms with van der Waals surface area (Å²) in [5, 5.41) is 1.01. The maximum Gasteiger partial charge on any atom is 0.0613 e. The molecule has 1 nitrogen and oxygen atoms in total. The Morgan fingerprint density at radius 2 is 1.76 bits per heavy atom. The Labute approximate surface area is 115 Å². The Morgan fingerprint density at radius 1 is 1.06 bits per heavy atom. The van der Waals surface area contributed by atoms with E-state index in [0.717, 1.165) is 9.79 Å². The van der Waals surface area contributed by atoms with Gasteiger partial charge < -0.3 is 5.73 Å². The summed E-state index contributed by atoms with van der Waals surface area (Å²) in [7, 11) is 0. The fourth-order valence-electron chi connectivity index (χ4n) is 1.44. The second kappa shape index (κ2) is 5.21. The quantitative estimate of drug-likeness (QED) is 0.782. The van der Waals surface area contributed by atoms with Gasteiger partial charge in [-0.3, -0.25) is 0 Å². The third-order valence-corrected chi connectivity index (χ3v) is 4.06. The topological polar surface area (TPSA) is 26.0 Å². The van der Waals surface area contributed by atoms with E-state index >= 15 is 0 Å².